The Hall–Kier alpha value is -1.09. The summed E-state index contributed by atoms with van der Waals surface area (Å²) in [5.41, 5.74) is 8.79. The molecule has 0 radical (unpaired) electrons. The molecule has 0 aromatic heterocycles. The Labute approximate surface area is 122 Å². The molecule has 0 saturated carbocycles. The van der Waals surface area contributed by atoms with Gasteiger partial charge in [0, 0.05) is 24.3 Å². The zero-order valence-electron chi connectivity index (χ0n) is 13.3. The Morgan fingerprint density at radius 2 is 1.95 bits per heavy atom. The average molecular weight is 278 g/mol. The van der Waals surface area contributed by atoms with Gasteiger partial charge in [-0.1, -0.05) is 13.8 Å². The van der Waals surface area contributed by atoms with Gasteiger partial charge in [-0.25, -0.2) is 4.39 Å². The summed E-state index contributed by atoms with van der Waals surface area (Å²) in [5, 5.41) is 0. The summed E-state index contributed by atoms with van der Waals surface area (Å²) in [6.45, 7) is 11.6. The van der Waals surface area contributed by atoms with Crippen LogP contribution >= 0.6 is 0 Å². The molecule has 1 aromatic carbocycles. The lowest BCUT2D eigenvalue weighted by molar-refractivity contribution is 0.296. The third-order valence-electron chi connectivity index (χ3n) is 4.71. The number of aryl methyl sites for hydroxylation is 1. The molecule has 1 aliphatic heterocycles. The number of hydrogen-bond donors (Lipinski definition) is 1. The van der Waals surface area contributed by atoms with Crippen LogP contribution in [0.15, 0.2) is 12.1 Å². The largest absolute Gasteiger partial charge is 0.368 e. The molecule has 1 saturated heterocycles. The summed E-state index contributed by atoms with van der Waals surface area (Å²) in [6, 6.07) is 3.90. The van der Waals surface area contributed by atoms with E-state index in [-0.39, 0.29) is 11.9 Å². The summed E-state index contributed by atoms with van der Waals surface area (Å²) in [5.74, 6) is 1.14. The van der Waals surface area contributed by atoms with Crippen LogP contribution < -0.4 is 10.6 Å². The molecule has 2 rings (SSSR count). The summed E-state index contributed by atoms with van der Waals surface area (Å²) in [6.07, 6.45) is 1.26. The van der Waals surface area contributed by atoms with Crippen molar-refractivity contribution in [3.8, 4) is 0 Å². The van der Waals surface area contributed by atoms with E-state index in [0.717, 1.165) is 17.8 Å². The van der Waals surface area contributed by atoms with Gasteiger partial charge >= 0.3 is 0 Å². The average Bonchev–Trinajstić information content (AvgIpc) is 2.36. The summed E-state index contributed by atoms with van der Waals surface area (Å²) in [4.78, 5) is 2.42. The number of nitrogens with two attached hydrogens (primary N) is 1. The smallest absolute Gasteiger partial charge is 0.126 e. The van der Waals surface area contributed by atoms with Crippen LogP contribution in [0.5, 0.6) is 0 Å². The van der Waals surface area contributed by atoms with E-state index in [4.69, 9.17) is 5.73 Å². The molecule has 2 nitrogen and oxygen atoms in total. The molecule has 2 N–H and O–H groups in total. The number of anilines is 1. The molecule has 1 aromatic rings. The molecule has 20 heavy (non-hydrogen) atoms. The molecular weight excluding hydrogens is 251 g/mol. The predicted molar refractivity (Wildman–Crippen MR) is 83.5 cm³/mol. The molecule has 0 aliphatic carbocycles. The van der Waals surface area contributed by atoms with Crippen molar-refractivity contribution in [1.29, 1.82) is 0 Å². The lowest BCUT2D eigenvalue weighted by Crippen LogP contribution is -2.46. The van der Waals surface area contributed by atoms with Crippen molar-refractivity contribution in [3.05, 3.63) is 29.1 Å². The first-order valence-electron chi connectivity index (χ1n) is 7.63. The predicted octanol–water partition coefficient (Wildman–Crippen LogP) is 4.02. The Bertz CT molecular complexity index is 484. The highest BCUT2D eigenvalue weighted by Gasteiger charge is 2.30. The third kappa shape index (κ3) is 2.83. The van der Waals surface area contributed by atoms with Gasteiger partial charge in [-0.05, 0) is 62.3 Å². The van der Waals surface area contributed by atoms with Crippen LogP contribution in [0, 0.1) is 24.6 Å². The normalized spacial score (nSPS) is 28.6. The first-order chi connectivity index (χ1) is 9.31. The van der Waals surface area contributed by atoms with Gasteiger partial charge in [-0.3, -0.25) is 0 Å². The highest BCUT2D eigenvalue weighted by molar-refractivity contribution is 5.58. The number of benzene rings is 1. The topological polar surface area (TPSA) is 29.3 Å². The van der Waals surface area contributed by atoms with Gasteiger partial charge in [0.1, 0.15) is 5.82 Å². The summed E-state index contributed by atoms with van der Waals surface area (Å²) in [7, 11) is 0. The standard InChI is InChI=1S/C17H27FN2/c1-10-6-11(2)14(5)20(9-10)17-7-12(3)16(18)8-15(17)13(4)19/h7-8,10-11,13-14H,6,9,19H2,1-5H3. The maximum Gasteiger partial charge on any atom is 0.126 e. The second-order valence-corrected chi connectivity index (χ2v) is 6.66. The van der Waals surface area contributed by atoms with Crippen molar-refractivity contribution in [3.63, 3.8) is 0 Å². The number of rotatable bonds is 2. The summed E-state index contributed by atoms with van der Waals surface area (Å²) < 4.78 is 13.9. The van der Waals surface area contributed by atoms with Crippen molar-refractivity contribution < 1.29 is 4.39 Å². The van der Waals surface area contributed by atoms with Crippen molar-refractivity contribution in [2.24, 2.45) is 17.6 Å². The molecule has 1 aliphatic rings. The fourth-order valence-corrected chi connectivity index (χ4v) is 3.33. The molecular formula is C17H27FN2. The Morgan fingerprint density at radius 3 is 2.55 bits per heavy atom. The molecule has 4 atom stereocenters. The van der Waals surface area contributed by atoms with Crippen LogP contribution in [0.4, 0.5) is 10.1 Å². The quantitative estimate of drug-likeness (QED) is 0.885. The van der Waals surface area contributed by atoms with Gasteiger partial charge in [0.25, 0.3) is 0 Å². The number of piperidine rings is 1. The van der Waals surface area contributed by atoms with Crippen LogP contribution in [0.3, 0.4) is 0 Å². The highest BCUT2D eigenvalue weighted by Crippen LogP contribution is 2.36. The van der Waals surface area contributed by atoms with E-state index in [0.29, 0.717) is 23.4 Å². The van der Waals surface area contributed by atoms with E-state index in [1.54, 1.807) is 6.07 Å². The van der Waals surface area contributed by atoms with Gasteiger partial charge in [0.15, 0.2) is 0 Å². The molecule has 0 amide bonds. The van der Waals surface area contributed by atoms with Crippen molar-refractivity contribution in [2.75, 3.05) is 11.4 Å². The molecule has 4 unspecified atom stereocenters. The molecule has 0 spiro atoms. The Kier molecular flexibility index (Phi) is 4.38. The zero-order valence-corrected chi connectivity index (χ0v) is 13.3. The molecule has 1 fully saturated rings. The minimum atomic E-state index is -0.160. The Morgan fingerprint density at radius 1 is 1.30 bits per heavy atom. The van der Waals surface area contributed by atoms with Crippen LogP contribution in [0.25, 0.3) is 0 Å². The monoisotopic (exact) mass is 278 g/mol. The van der Waals surface area contributed by atoms with E-state index >= 15 is 0 Å². The highest BCUT2D eigenvalue weighted by atomic mass is 19.1. The summed E-state index contributed by atoms with van der Waals surface area (Å²) >= 11 is 0. The zero-order chi connectivity index (χ0) is 15.0. The maximum atomic E-state index is 13.9. The number of nitrogens with zero attached hydrogens (tertiary/aromatic N) is 1. The first-order valence-corrected chi connectivity index (χ1v) is 7.63. The van der Waals surface area contributed by atoms with Gasteiger partial charge in [-0.2, -0.15) is 0 Å². The van der Waals surface area contributed by atoms with E-state index < -0.39 is 0 Å². The maximum absolute atomic E-state index is 13.9. The molecule has 112 valence electrons. The van der Waals surface area contributed by atoms with Gasteiger partial charge in [0.05, 0.1) is 0 Å². The number of halogens is 1. The van der Waals surface area contributed by atoms with Crippen molar-refractivity contribution in [1.82, 2.24) is 0 Å². The van der Waals surface area contributed by atoms with E-state index in [2.05, 4.69) is 25.7 Å². The van der Waals surface area contributed by atoms with Crippen LogP contribution in [0.1, 0.15) is 51.3 Å². The minimum Gasteiger partial charge on any atom is -0.368 e. The molecule has 3 heteroatoms. The van der Waals surface area contributed by atoms with Crippen LogP contribution in [-0.4, -0.2) is 12.6 Å². The second-order valence-electron chi connectivity index (χ2n) is 6.66. The Balaban J connectivity index is 2.47. The van der Waals surface area contributed by atoms with Crippen LogP contribution in [0.2, 0.25) is 0 Å². The van der Waals surface area contributed by atoms with Gasteiger partial charge < -0.3 is 10.6 Å². The fraction of sp³-hybridized carbons (Fsp3) is 0.647. The van der Waals surface area contributed by atoms with E-state index in [1.807, 2.05) is 19.9 Å². The number of hydrogen-bond acceptors (Lipinski definition) is 2. The fourth-order valence-electron chi connectivity index (χ4n) is 3.33. The second kappa shape index (κ2) is 5.72. The third-order valence-corrected chi connectivity index (χ3v) is 4.71. The minimum absolute atomic E-state index is 0.153. The molecule has 0 bridgehead atoms. The van der Waals surface area contributed by atoms with Gasteiger partial charge in [-0.15, -0.1) is 0 Å². The van der Waals surface area contributed by atoms with E-state index in [9.17, 15) is 4.39 Å². The van der Waals surface area contributed by atoms with Crippen molar-refractivity contribution in [2.45, 2.75) is 53.1 Å². The lowest BCUT2D eigenvalue weighted by atomic mass is 9.85. The van der Waals surface area contributed by atoms with E-state index in [1.165, 1.54) is 6.42 Å². The SMILES string of the molecule is Cc1cc(N2CC(C)CC(C)C2C)c(C(C)N)cc1F. The molecule has 1 heterocycles. The first kappa shape index (κ1) is 15.3. The van der Waals surface area contributed by atoms with Gasteiger partial charge in [0.2, 0.25) is 0 Å². The van der Waals surface area contributed by atoms with Crippen molar-refractivity contribution >= 4 is 5.69 Å². The van der Waals surface area contributed by atoms with Crippen LogP contribution in [-0.2, 0) is 0 Å². The lowest BCUT2D eigenvalue weighted by Gasteiger charge is -2.44.